The molecule has 1 aliphatic rings. The van der Waals surface area contributed by atoms with Gasteiger partial charge in [-0.2, -0.15) is 0 Å². The first-order valence-corrected chi connectivity index (χ1v) is 13.8. The van der Waals surface area contributed by atoms with Gasteiger partial charge in [0.15, 0.2) is 11.6 Å². The molecular weight excluding hydrogens is 531 g/mol. The maximum atomic E-state index is 15.4. The van der Waals surface area contributed by atoms with Crippen LogP contribution in [0.3, 0.4) is 0 Å². The van der Waals surface area contributed by atoms with Gasteiger partial charge in [0.1, 0.15) is 4.90 Å². The smallest absolute Gasteiger partial charge is 0.263 e. The molecule has 0 unspecified atom stereocenters. The predicted molar refractivity (Wildman–Crippen MR) is 144 cm³/mol. The second-order valence-electron chi connectivity index (χ2n) is 8.56. The van der Waals surface area contributed by atoms with Crippen molar-refractivity contribution < 1.29 is 17.5 Å². The van der Waals surface area contributed by atoms with Gasteiger partial charge in [-0.15, -0.1) is 0 Å². The van der Waals surface area contributed by atoms with Crippen LogP contribution < -0.4 is 20.1 Å². The van der Waals surface area contributed by atoms with E-state index < -0.39 is 15.8 Å². The SMILES string of the molecule is O=S(=O)(Nc1cccc(Oc2ncccc2-c2ccnc(N[C@H]3CCCNC3)n2)c1F)c1ccccc1Cl. The standard InChI is InChI=1S/C26H24ClFN6O3S/c27-19-8-1-2-11-23(19)38(35,36)34-21-9-3-10-22(24(21)28)37-25-18(7-5-14-30-25)20-12-15-31-26(33-20)32-17-6-4-13-29-16-17/h1-3,5,7-12,14-15,17,29,34H,4,6,13,16H2,(H,31,32,33)/t17-/m0/s1. The summed E-state index contributed by atoms with van der Waals surface area (Å²) >= 11 is 6.03. The third-order valence-electron chi connectivity index (χ3n) is 5.87. The minimum Gasteiger partial charge on any atom is -0.435 e. The van der Waals surface area contributed by atoms with Gasteiger partial charge in [0.05, 0.1) is 22.0 Å². The third kappa shape index (κ3) is 5.85. The molecule has 1 atom stereocenters. The van der Waals surface area contributed by atoms with Crippen LogP contribution in [0.5, 0.6) is 11.6 Å². The van der Waals surface area contributed by atoms with E-state index in [2.05, 4.69) is 30.3 Å². The fourth-order valence-corrected chi connectivity index (χ4v) is 5.62. The summed E-state index contributed by atoms with van der Waals surface area (Å²) < 4.78 is 49.1. The Morgan fingerprint density at radius 2 is 1.89 bits per heavy atom. The summed E-state index contributed by atoms with van der Waals surface area (Å²) in [7, 11) is -4.15. The fraction of sp³-hybridized carbons (Fsp3) is 0.192. The van der Waals surface area contributed by atoms with E-state index in [0.717, 1.165) is 25.9 Å². The molecule has 1 aliphatic heterocycles. The maximum absolute atomic E-state index is 15.4. The third-order valence-corrected chi connectivity index (χ3v) is 7.74. The molecule has 2 aromatic carbocycles. The predicted octanol–water partition coefficient (Wildman–Crippen LogP) is 5.09. The van der Waals surface area contributed by atoms with Gasteiger partial charge in [0.2, 0.25) is 11.8 Å². The highest BCUT2D eigenvalue weighted by Crippen LogP contribution is 2.34. The summed E-state index contributed by atoms with van der Waals surface area (Å²) in [6.07, 6.45) is 5.21. The Kier molecular flexibility index (Phi) is 7.68. The van der Waals surface area contributed by atoms with Gasteiger partial charge in [-0.25, -0.2) is 27.8 Å². The Morgan fingerprint density at radius 1 is 1.03 bits per heavy atom. The summed E-state index contributed by atoms with van der Waals surface area (Å²) in [5.41, 5.74) is 0.751. The van der Waals surface area contributed by atoms with E-state index in [9.17, 15) is 8.42 Å². The first-order valence-electron chi connectivity index (χ1n) is 11.9. The minimum absolute atomic E-state index is 0.0180. The summed E-state index contributed by atoms with van der Waals surface area (Å²) in [5, 5.41) is 6.69. The maximum Gasteiger partial charge on any atom is 0.263 e. The molecule has 4 aromatic rings. The van der Waals surface area contributed by atoms with Crippen molar-refractivity contribution in [2.45, 2.75) is 23.8 Å². The first kappa shape index (κ1) is 25.8. The van der Waals surface area contributed by atoms with Crippen molar-refractivity contribution in [3.63, 3.8) is 0 Å². The van der Waals surface area contributed by atoms with Crippen molar-refractivity contribution in [3.8, 4) is 22.9 Å². The molecule has 0 spiro atoms. The second kappa shape index (κ2) is 11.3. The molecule has 0 aliphatic carbocycles. The van der Waals surface area contributed by atoms with Crippen molar-refractivity contribution in [2.24, 2.45) is 0 Å². The highest BCUT2D eigenvalue weighted by molar-refractivity contribution is 7.92. The molecule has 0 amide bonds. The first-order chi connectivity index (χ1) is 18.4. The Morgan fingerprint density at radius 3 is 2.71 bits per heavy atom. The number of hydrogen-bond acceptors (Lipinski definition) is 8. The van der Waals surface area contributed by atoms with Gasteiger partial charge < -0.3 is 15.4 Å². The van der Waals surface area contributed by atoms with Crippen LogP contribution in [0.25, 0.3) is 11.3 Å². The van der Waals surface area contributed by atoms with Crippen LogP contribution in [0.1, 0.15) is 12.8 Å². The van der Waals surface area contributed by atoms with E-state index in [0.29, 0.717) is 17.2 Å². The number of benzene rings is 2. The highest BCUT2D eigenvalue weighted by atomic mass is 35.5. The molecule has 38 heavy (non-hydrogen) atoms. The Bertz CT molecular complexity index is 1550. The van der Waals surface area contributed by atoms with Gasteiger partial charge in [-0.1, -0.05) is 29.8 Å². The number of sulfonamides is 1. The van der Waals surface area contributed by atoms with Gasteiger partial charge in [-0.05, 0) is 61.9 Å². The van der Waals surface area contributed by atoms with Crippen molar-refractivity contribution in [1.29, 1.82) is 0 Å². The zero-order valence-electron chi connectivity index (χ0n) is 20.1. The van der Waals surface area contributed by atoms with E-state index in [4.69, 9.17) is 16.3 Å². The average molecular weight is 555 g/mol. The lowest BCUT2D eigenvalue weighted by atomic mass is 10.1. The number of piperidine rings is 1. The lowest BCUT2D eigenvalue weighted by Crippen LogP contribution is -2.38. The van der Waals surface area contributed by atoms with Crippen LogP contribution in [0, 0.1) is 5.82 Å². The second-order valence-corrected chi connectivity index (χ2v) is 10.6. The number of aromatic nitrogens is 3. The van der Waals surface area contributed by atoms with Crippen molar-refractivity contribution in [2.75, 3.05) is 23.1 Å². The molecule has 3 N–H and O–H groups in total. The van der Waals surface area contributed by atoms with E-state index in [-0.39, 0.29) is 33.3 Å². The van der Waals surface area contributed by atoms with E-state index in [1.807, 2.05) is 0 Å². The normalized spacial score (nSPS) is 15.6. The zero-order chi connectivity index (χ0) is 26.5. The monoisotopic (exact) mass is 554 g/mol. The molecule has 2 aromatic heterocycles. The molecule has 196 valence electrons. The molecular formula is C26H24ClFN6O3S. The topological polar surface area (TPSA) is 118 Å². The molecule has 12 heteroatoms. The summed E-state index contributed by atoms with van der Waals surface area (Å²) in [5.74, 6) is -0.561. The molecule has 9 nitrogen and oxygen atoms in total. The Labute approximate surface area is 224 Å². The van der Waals surface area contributed by atoms with Crippen LogP contribution in [-0.2, 0) is 10.0 Å². The van der Waals surface area contributed by atoms with Gasteiger partial charge in [-0.3, -0.25) is 4.72 Å². The molecule has 3 heterocycles. The molecule has 1 saturated heterocycles. The Hall–Kier alpha value is -3.80. The van der Waals surface area contributed by atoms with Crippen LogP contribution >= 0.6 is 11.6 Å². The number of rotatable bonds is 8. The summed E-state index contributed by atoms with van der Waals surface area (Å²) in [6, 6.07) is 15.4. The number of pyridine rings is 1. The van der Waals surface area contributed by atoms with E-state index >= 15 is 4.39 Å². The van der Waals surface area contributed by atoms with Gasteiger partial charge in [0, 0.05) is 25.0 Å². The lowest BCUT2D eigenvalue weighted by molar-refractivity contribution is 0.430. The van der Waals surface area contributed by atoms with E-state index in [1.54, 1.807) is 30.5 Å². The van der Waals surface area contributed by atoms with Gasteiger partial charge in [0.25, 0.3) is 10.0 Å². The minimum atomic E-state index is -4.15. The number of anilines is 2. The number of ether oxygens (including phenoxy) is 1. The fourth-order valence-electron chi connectivity index (χ4n) is 4.04. The van der Waals surface area contributed by atoms with Gasteiger partial charge >= 0.3 is 0 Å². The zero-order valence-corrected chi connectivity index (χ0v) is 21.6. The van der Waals surface area contributed by atoms with Crippen LogP contribution in [0.4, 0.5) is 16.0 Å². The molecule has 1 fully saturated rings. The van der Waals surface area contributed by atoms with Crippen LogP contribution in [-0.4, -0.2) is 42.5 Å². The quantitative estimate of drug-likeness (QED) is 0.276. The molecule has 0 radical (unpaired) electrons. The van der Waals surface area contributed by atoms with E-state index in [1.165, 1.54) is 42.6 Å². The van der Waals surface area contributed by atoms with Crippen molar-refractivity contribution >= 4 is 33.3 Å². The van der Waals surface area contributed by atoms with Crippen molar-refractivity contribution in [3.05, 3.63) is 83.9 Å². The highest BCUT2D eigenvalue weighted by Gasteiger charge is 2.22. The number of halogens is 2. The number of hydrogen-bond donors (Lipinski definition) is 3. The lowest BCUT2D eigenvalue weighted by Gasteiger charge is -2.23. The Balaban J connectivity index is 1.40. The molecule has 0 saturated carbocycles. The number of nitrogens with zero attached hydrogens (tertiary/aromatic N) is 3. The average Bonchev–Trinajstić information content (AvgIpc) is 2.92. The largest absolute Gasteiger partial charge is 0.435 e. The van der Waals surface area contributed by atoms with Crippen LogP contribution in [0.15, 0.2) is 78.0 Å². The van der Waals surface area contributed by atoms with Crippen molar-refractivity contribution in [1.82, 2.24) is 20.3 Å². The molecule has 5 rings (SSSR count). The molecule has 0 bridgehead atoms. The summed E-state index contributed by atoms with van der Waals surface area (Å²) in [6.45, 7) is 1.82. The summed E-state index contributed by atoms with van der Waals surface area (Å²) in [4.78, 5) is 13.0. The number of nitrogens with one attached hydrogen (secondary N) is 3. The van der Waals surface area contributed by atoms with Crippen LogP contribution in [0.2, 0.25) is 5.02 Å².